The van der Waals surface area contributed by atoms with Crippen LogP contribution in [0.5, 0.6) is 5.75 Å². The lowest BCUT2D eigenvalue weighted by Crippen LogP contribution is -2.58. The monoisotopic (exact) mass is 529 g/mol. The molecule has 1 aliphatic carbocycles. The van der Waals surface area contributed by atoms with E-state index in [1.54, 1.807) is 28.8 Å². The van der Waals surface area contributed by atoms with Crippen LogP contribution in [-0.4, -0.2) is 69.1 Å². The molecular weight excluding hydrogens is 490 g/mol. The Labute approximate surface area is 223 Å². The first-order valence-electron chi connectivity index (χ1n) is 13.9. The number of carbonyl (C=O) groups is 3. The number of thioether (sulfide) groups is 1. The van der Waals surface area contributed by atoms with Gasteiger partial charge in [0.05, 0.1) is 35.8 Å². The number of amides is 3. The molecule has 9 heteroatoms. The van der Waals surface area contributed by atoms with Crippen molar-refractivity contribution in [3.05, 3.63) is 24.3 Å². The Bertz CT molecular complexity index is 1010. The zero-order valence-electron chi connectivity index (χ0n) is 21.8. The maximum absolute atomic E-state index is 14.0. The van der Waals surface area contributed by atoms with Crippen LogP contribution in [0.3, 0.4) is 0 Å². The predicted molar refractivity (Wildman–Crippen MR) is 143 cm³/mol. The van der Waals surface area contributed by atoms with E-state index in [0.717, 1.165) is 44.3 Å². The molecule has 3 amide bonds. The molecule has 1 saturated carbocycles. The summed E-state index contributed by atoms with van der Waals surface area (Å²) in [6, 6.07) is 6.27. The fourth-order valence-corrected chi connectivity index (χ4v) is 9.26. The number of aliphatic hydroxyl groups is 1. The zero-order valence-corrected chi connectivity index (χ0v) is 22.6. The minimum Gasteiger partial charge on any atom is -0.494 e. The molecule has 4 aliphatic rings. The fraction of sp³-hybridized carbons (Fsp3) is 0.679. The number of fused-ring (bicyclic) bond motifs is 1. The Kier molecular flexibility index (Phi) is 7.73. The lowest BCUT2D eigenvalue weighted by Gasteiger charge is -2.38. The third-order valence-electron chi connectivity index (χ3n) is 8.75. The second-order valence-electron chi connectivity index (χ2n) is 10.8. The molecule has 2 bridgehead atoms. The highest BCUT2D eigenvalue weighted by Gasteiger charge is 2.74. The molecule has 1 aromatic rings. The molecule has 0 aromatic heterocycles. The standard InChI is InChI=1S/C28H39N3O5S/c1-3-19(16-32)31-24(26(34)30-17-8-6-5-7-9-17)28-15-14-21(37-28)22(23(28)27(31)35)25(33)29-18-10-12-20(13-11-18)36-4-2/h10-13,17,19,21-24,32H,3-9,14-16H2,1-2H3,(H,29,33)(H,30,34)/t19-,21-,22+,23-,24?,28?/m0/s1. The van der Waals surface area contributed by atoms with Crippen LogP contribution in [-0.2, 0) is 14.4 Å². The smallest absolute Gasteiger partial charge is 0.244 e. The third-order valence-corrected chi connectivity index (χ3v) is 10.7. The van der Waals surface area contributed by atoms with E-state index in [2.05, 4.69) is 10.6 Å². The number of anilines is 1. The number of likely N-dealkylation sites (tertiary alicyclic amines) is 1. The molecule has 202 valence electrons. The van der Waals surface area contributed by atoms with Gasteiger partial charge in [0, 0.05) is 17.0 Å². The van der Waals surface area contributed by atoms with E-state index in [-0.39, 0.29) is 35.6 Å². The zero-order chi connectivity index (χ0) is 26.2. The van der Waals surface area contributed by atoms with Crippen LogP contribution in [0.2, 0.25) is 0 Å². The molecule has 0 radical (unpaired) electrons. The summed E-state index contributed by atoms with van der Waals surface area (Å²) in [5.41, 5.74) is 0.658. The molecule has 8 nitrogen and oxygen atoms in total. The van der Waals surface area contributed by atoms with Gasteiger partial charge >= 0.3 is 0 Å². The molecule has 4 fully saturated rings. The number of benzene rings is 1. The molecule has 3 N–H and O–H groups in total. The average molecular weight is 530 g/mol. The summed E-state index contributed by atoms with van der Waals surface area (Å²) in [6.07, 6.45) is 7.40. The summed E-state index contributed by atoms with van der Waals surface area (Å²) >= 11 is 1.66. The lowest BCUT2D eigenvalue weighted by molar-refractivity contribution is -0.142. The van der Waals surface area contributed by atoms with Crippen molar-refractivity contribution >= 4 is 35.2 Å². The van der Waals surface area contributed by atoms with Crippen molar-refractivity contribution in [1.82, 2.24) is 10.2 Å². The molecule has 6 atom stereocenters. The summed E-state index contributed by atoms with van der Waals surface area (Å²) in [4.78, 5) is 43.2. The van der Waals surface area contributed by atoms with E-state index in [1.165, 1.54) is 6.42 Å². The summed E-state index contributed by atoms with van der Waals surface area (Å²) in [5.74, 6) is -0.794. The second-order valence-corrected chi connectivity index (χ2v) is 12.4. The van der Waals surface area contributed by atoms with Gasteiger partial charge in [-0.05, 0) is 63.3 Å². The van der Waals surface area contributed by atoms with Crippen molar-refractivity contribution in [2.75, 3.05) is 18.5 Å². The third kappa shape index (κ3) is 4.62. The minimum atomic E-state index is -0.665. The van der Waals surface area contributed by atoms with E-state index < -0.39 is 28.7 Å². The maximum Gasteiger partial charge on any atom is 0.244 e. The highest BCUT2D eigenvalue weighted by atomic mass is 32.2. The van der Waals surface area contributed by atoms with Crippen molar-refractivity contribution in [1.29, 1.82) is 0 Å². The molecule has 3 heterocycles. The highest BCUT2D eigenvalue weighted by molar-refractivity contribution is 8.02. The van der Waals surface area contributed by atoms with Crippen LogP contribution >= 0.6 is 11.8 Å². The SMILES string of the molecule is CCOc1ccc(NC(=O)[C@@H]2[C@@H]3CCC4(S3)C(C(=O)NC3CCCCC3)N([C@@H](CC)CO)C(=O)[C@H]24)cc1. The normalized spacial score (nSPS) is 31.8. The summed E-state index contributed by atoms with van der Waals surface area (Å²) in [7, 11) is 0. The quantitative estimate of drug-likeness (QED) is 0.453. The van der Waals surface area contributed by atoms with Crippen molar-refractivity contribution in [2.24, 2.45) is 11.8 Å². The van der Waals surface area contributed by atoms with Gasteiger partial charge in [0.15, 0.2) is 0 Å². The molecule has 1 spiro atoms. The number of rotatable bonds is 9. The van der Waals surface area contributed by atoms with Crippen LogP contribution < -0.4 is 15.4 Å². The van der Waals surface area contributed by atoms with Gasteiger partial charge in [-0.2, -0.15) is 0 Å². The topological polar surface area (TPSA) is 108 Å². The number of hydrogen-bond acceptors (Lipinski definition) is 6. The Hall–Kier alpha value is -2.26. The molecule has 37 heavy (non-hydrogen) atoms. The second kappa shape index (κ2) is 10.8. The number of nitrogens with zero attached hydrogens (tertiary/aromatic N) is 1. The molecule has 3 saturated heterocycles. The number of nitrogens with one attached hydrogen (secondary N) is 2. The molecule has 3 aliphatic heterocycles. The Morgan fingerprint density at radius 1 is 1.14 bits per heavy atom. The molecular formula is C28H39N3O5S. The van der Waals surface area contributed by atoms with E-state index in [0.29, 0.717) is 18.7 Å². The minimum absolute atomic E-state index is 0.00187. The van der Waals surface area contributed by atoms with E-state index >= 15 is 0 Å². The average Bonchev–Trinajstić information content (AvgIpc) is 3.54. The molecule has 1 aromatic carbocycles. The van der Waals surface area contributed by atoms with Gasteiger partial charge < -0.3 is 25.4 Å². The molecule has 2 unspecified atom stereocenters. The van der Waals surface area contributed by atoms with Gasteiger partial charge in [-0.15, -0.1) is 11.8 Å². The Morgan fingerprint density at radius 3 is 2.51 bits per heavy atom. The summed E-state index contributed by atoms with van der Waals surface area (Å²) in [5, 5.41) is 16.4. The highest BCUT2D eigenvalue weighted by Crippen LogP contribution is 2.66. The van der Waals surface area contributed by atoms with Crippen molar-refractivity contribution < 1.29 is 24.2 Å². The van der Waals surface area contributed by atoms with E-state index in [1.807, 2.05) is 26.0 Å². The number of hydrogen-bond donors (Lipinski definition) is 3. The first kappa shape index (κ1) is 26.4. The molecule has 5 rings (SSSR count). The van der Waals surface area contributed by atoms with Crippen LogP contribution in [0.15, 0.2) is 24.3 Å². The summed E-state index contributed by atoms with van der Waals surface area (Å²) < 4.78 is 4.86. The number of aliphatic hydroxyl groups excluding tert-OH is 1. The Balaban J connectivity index is 1.41. The summed E-state index contributed by atoms with van der Waals surface area (Å²) in [6.45, 7) is 4.21. The van der Waals surface area contributed by atoms with Crippen molar-refractivity contribution in [3.8, 4) is 5.75 Å². The van der Waals surface area contributed by atoms with Gasteiger partial charge in [-0.25, -0.2) is 0 Å². The van der Waals surface area contributed by atoms with E-state index in [9.17, 15) is 19.5 Å². The largest absolute Gasteiger partial charge is 0.494 e. The van der Waals surface area contributed by atoms with Crippen LogP contribution in [0.4, 0.5) is 5.69 Å². The first-order chi connectivity index (χ1) is 17.9. The van der Waals surface area contributed by atoms with Crippen LogP contribution in [0.25, 0.3) is 0 Å². The van der Waals surface area contributed by atoms with Crippen LogP contribution in [0, 0.1) is 11.8 Å². The number of carbonyl (C=O) groups excluding carboxylic acids is 3. The van der Waals surface area contributed by atoms with Crippen molar-refractivity contribution in [3.63, 3.8) is 0 Å². The fourth-order valence-electron chi connectivity index (χ4n) is 7.05. The van der Waals surface area contributed by atoms with Gasteiger partial charge in [0.2, 0.25) is 17.7 Å². The maximum atomic E-state index is 14.0. The Morgan fingerprint density at radius 2 is 1.86 bits per heavy atom. The van der Waals surface area contributed by atoms with Crippen molar-refractivity contribution in [2.45, 2.75) is 93.3 Å². The van der Waals surface area contributed by atoms with Gasteiger partial charge in [-0.1, -0.05) is 26.2 Å². The van der Waals surface area contributed by atoms with Crippen LogP contribution in [0.1, 0.15) is 65.2 Å². The van der Waals surface area contributed by atoms with E-state index in [4.69, 9.17) is 4.74 Å². The first-order valence-corrected chi connectivity index (χ1v) is 14.8. The van der Waals surface area contributed by atoms with Gasteiger partial charge in [0.25, 0.3) is 0 Å². The van der Waals surface area contributed by atoms with Gasteiger partial charge in [0.1, 0.15) is 11.8 Å². The lowest BCUT2D eigenvalue weighted by atomic mass is 9.70. The predicted octanol–water partition coefficient (Wildman–Crippen LogP) is 3.33. The van der Waals surface area contributed by atoms with Gasteiger partial charge in [-0.3, -0.25) is 14.4 Å². The number of ether oxygens (including phenoxy) is 1.